The second kappa shape index (κ2) is 6.60. The quantitative estimate of drug-likeness (QED) is 0.748. The van der Waals surface area contributed by atoms with E-state index in [1.807, 2.05) is 6.26 Å². The third kappa shape index (κ3) is 3.63. The van der Waals surface area contributed by atoms with Gasteiger partial charge in [0, 0.05) is 28.3 Å². The summed E-state index contributed by atoms with van der Waals surface area (Å²) < 4.78 is 27.3. The Morgan fingerprint density at radius 2 is 2.00 bits per heavy atom. The van der Waals surface area contributed by atoms with Gasteiger partial charge < -0.3 is 5.73 Å². The molecule has 0 aliphatic heterocycles. The molecule has 1 aromatic carbocycles. The minimum atomic E-state index is -3.56. The number of nitrogen functional groups attached to an aromatic ring is 1. The van der Waals surface area contributed by atoms with Crippen molar-refractivity contribution in [2.75, 3.05) is 31.3 Å². The van der Waals surface area contributed by atoms with Crippen LogP contribution in [0.1, 0.15) is 0 Å². The highest BCUT2D eigenvalue weighted by Gasteiger charge is 2.26. The number of nitrogens with zero attached hydrogens (tertiary/aromatic N) is 1. The highest BCUT2D eigenvalue weighted by atomic mass is 79.9. The average Bonchev–Trinajstić information content (AvgIpc) is 2.23. The lowest BCUT2D eigenvalue weighted by atomic mass is 10.3. The van der Waals surface area contributed by atoms with Gasteiger partial charge >= 0.3 is 0 Å². The highest BCUT2D eigenvalue weighted by Crippen LogP contribution is 2.33. The van der Waals surface area contributed by atoms with Crippen molar-refractivity contribution in [2.24, 2.45) is 0 Å². The van der Waals surface area contributed by atoms with Crippen molar-refractivity contribution < 1.29 is 8.42 Å². The maximum Gasteiger partial charge on any atom is 0.246 e. The molecule has 0 saturated heterocycles. The smallest absolute Gasteiger partial charge is 0.246 e. The molecule has 1 rings (SSSR count). The van der Waals surface area contributed by atoms with E-state index in [0.29, 0.717) is 11.0 Å². The van der Waals surface area contributed by atoms with E-state index in [4.69, 9.17) is 5.73 Å². The Balaban J connectivity index is 3.20. The molecule has 0 unspecified atom stereocenters. The normalized spacial score (nSPS) is 12.1. The lowest BCUT2D eigenvalue weighted by Gasteiger charge is -2.19. The Morgan fingerprint density at radius 3 is 2.50 bits per heavy atom. The molecular weight excluding hydrogens is 404 g/mol. The fraction of sp³-hybridized carbons (Fsp3) is 0.400. The number of hydrogen-bond donors (Lipinski definition) is 1. The third-order valence-corrected chi connectivity index (χ3v) is 6.23. The SMILES string of the molecule is CSCCN(C)S(=O)(=O)c1c(N)cc(Br)cc1Br. The van der Waals surface area contributed by atoms with E-state index in [1.54, 1.807) is 30.9 Å². The summed E-state index contributed by atoms with van der Waals surface area (Å²) in [5, 5.41) is 0. The van der Waals surface area contributed by atoms with Gasteiger partial charge in [-0.3, -0.25) is 0 Å². The summed E-state index contributed by atoms with van der Waals surface area (Å²) in [6, 6.07) is 3.26. The van der Waals surface area contributed by atoms with Crippen LogP contribution in [0, 0.1) is 0 Å². The second-order valence-corrected chi connectivity index (χ2v) is 8.36. The third-order valence-electron chi connectivity index (χ3n) is 2.32. The van der Waals surface area contributed by atoms with Crippen LogP contribution in [-0.4, -0.2) is 38.3 Å². The minimum Gasteiger partial charge on any atom is -0.398 e. The molecule has 102 valence electrons. The van der Waals surface area contributed by atoms with Crippen molar-refractivity contribution in [3.63, 3.8) is 0 Å². The first kappa shape index (κ1) is 16.3. The maximum atomic E-state index is 12.4. The Kier molecular flexibility index (Phi) is 5.98. The molecule has 0 aliphatic rings. The van der Waals surface area contributed by atoms with Crippen LogP contribution in [0.2, 0.25) is 0 Å². The molecule has 0 bridgehead atoms. The molecule has 18 heavy (non-hydrogen) atoms. The molecule has 0 aromatic heterocycles. The van der Waals surface area contributed by atoms with Gasteiger partial charge in [0.2, 0.25) is 10.0 Å². The first-order chi connectivity index (χ1) is 8.30. The van der Waals surface area contributed by atoms with Crippen LogP contribution in [0.25, 0.3) is 0 Å². The lowest BCUT2D eigenvalue weighted by molar-refractivity contribution is 0.488. The van der Waals surface area contributed by atoms with Gasteiger partial charge in [-0.25, -0.2) is 12.7 Å². The van der Waals surface area contributed by atoms with E-state index in [9.17, 15) is 8.42 Å². The highest BCUT2D eigenvalue weighted by molar-refractivity contribution is 9.11. The van der Waals surface area contributed by atoms with E-state index < -0.39 is 10.0 Å². The van der Waals surface area contributed by atoms with Crippen molar-refractivity contribution in [3.8, 4) is 0 Å². The molecule has 0 amide bonds. The van der Waals surface area contributed by atoms with Gasteiger partial charge in [-0.1, -0.05) is 15.9 Å². The number of hydrogen-bond acceptors (Lipinski definition) is 4. The Morgan fingerprint density at radius 1 is 1.39 bits per heavy atom. The van der Waals surface area contributed by atoms with Crippen LogP contribution in [0.15, 0.2) is 26.0 Å². The zero-order valence-electron chi connectivity index (χ0n) is 9.98. The Hall–Kier alpha value is 0.240. The van der Waals surface area contributed by atoms with Crippen LogP contribution in [-0.2, 0) is 10.0 Å². The van der Waals surface area contributed by atoms with Crippen molar-refractivity contribution in [2.45, 2.75) is 4.90 Å². The summed E-state index contributed by atoms with van der Waals surface area (Å²) in [4.78, 5) is 0.120. The molecule has 0 fully saturated rings. The monoisotopic (exact) mass is 416 g/mol. The zero-order valence-corrected chi connectivity index (χ0v) is 14.8. The molecule has 8 heteroatoms. The van der Waals surface area contributed by atoms with Crippen LogP contribution in [0.3, 0.4) is 0 Å². The van der Waals surface area contributed by atoms with Crippen LogP contribution < -0.4 is 5.73 Å². The van der Waals surface area contributed by atoms with E-state index in [2.05, 4.69) is 31.9 Å². The summed E-state index contributed by atoms with van der Waals surface area (Å²) in [5.41, 5.74) is 6.03. The number of thioether (sulfide) groups is 1. The first-order valence-electron chi connectivity index (χ1n) is 5.00. The van der Waals surface area contributed by atoms with Crippen LogP contribution >= 0.6 is 43.6 Å². The molecular formula is C10H14Br2N2O2S2. The number of halogens is 2. The largest absolute Gasteiger partial charge is 0.398 e. The predicted octanol–water partition coefficient (Wildman–Crippen LogP) is 2.78. The van der Waals surface area contributed by atoms with Gasteiger partial charge in [-0.2, -0.15) is 11.8 Å². The van der Waals surface area contributed by atoms with E-state index in [-0.39, 0.29) is 10.6 Å². The molecule has 0 atom stereocenters. The summed E-state index contributed by atoms with van der Waals surface area (Å²) in [7, 11) is -2.01. The average molecular weight is 418 g/mol. The summed E-state index contributed by atoms with van der Waals surface area (Å²) >= 11 is 8.12. The maximum absolute atomic E-state index is 12.4. The van der Waals surface area contributed by atoms with Crippen molar-refractivity contribution in [1.82, 2.24) is 4.31 Å². The van der Waals surface area contributed by atoms with Gasteiger partial charge in [-0.15, -0.1) is 0 Å². The summed E-state index contributed by atoms with van der Waals surface area (Å²) in [5.74, 6) is 0.740. The van der Waals surface area contributed by atoms with E-state index in [0.717, 1.165) is 10.2 Å². The summed E-state index contributed by atoms with van der Waals surface area (Å²) in [6.45, 7) is 0.450. The minimum absolute atomic E-state index is 0.120. The second-order valence-electron chi connectivity index (χ2n) is 3.63. The van der Waals surface area contributed by atoms with Gasteiger partial charge in [0.25, 0.3) is 0 Å². The number of nitrogens with two attached hydrogens (primary N) is 1. The Labute approximate surface area is 129 Å². The molecule has 4 nitrogen and oxygen atoms in total. The van der Waals surface area contributed by atoms with E-state index in [1.165, 1.54) is 4.31 Å². The number of benzene rings is 1. The molecule has 0 aliphatic carbocycles. The number of anilines is 1. The molecule has 1 aromatic rings. The number of sulfonamides is 1. The fourth-order valence-electron chi connectivity index (χ4n) is 1.35. The topological polar surface area (TPSA) is 63.4 Å². The molecule has 0 heterocycles. The van der Waals surface area contributed by atoms with Crippen molar-refractivity contribution >= 4 is 59.3 Å². The van der Waals surface area contributed by atoms with Crippen molar-refractivity contribution in [1.29, 1.82) is 0 Å². The van der Waals surface area contributed by atoms with Crippen LogP contribution in [0.4, 0.5) is 5.69 Å². The van der Waals surface area contributed by atoms with E-state index >= 15 is 0 Å². The lowest BCUT2D eigenvalue weighted by Crippen LogP contribution is -2.30. The van der Waals surface area contributed by atoms with Gasteiger partial charge in [0.1, 0.15) is 4.90 Å². The standard InChI is InChI=1S/C10H14Br2N2O2S2/c1-14(3-4-17-2)18(15,16)10-8(12)5-7(11)6-9(10)13/h5-6H,3-4,13H2,1-2H3. The van der Waals surface area contributed by atoms with Crippen LogP contribution in [0.5, 0.6) is 0 Å². The molecule has 0 radical (unpaired) electrons. The Bertz CT molecular complexity index is 512. The molecule has 0 spiro atoms. The number of rotatable bonds is 5. The predicted molar refractivity (Wildman–Crippen MR) is 84.5 cm³/mol. The summed E-state index contributed by atoms with van der Waals surface area (Å²) in [6.07, 6.45) is 1.93. The van der Waals surface area contributed by atoms with Gasteiger partial charge in [0.15, 0.2) is 0 Å². The van der Waals surface area contributed by atoms with Crippen molar-refractivity contribution in [3.05, 3.63) is 21.1 Å². The zero-order chi connectivity index (χ0) is 13.9. The molecule has 0 saturated carbocycles. The van der Waals surface area contributed by atoms with Gasteiger partial charge in [0.05, 0.1) is 5.69 Å². The fourth-order valence-corrected chi connectivity index (χ4v) is 5.10. The molecule has 2 N–H and O–H groups in total. The van der Waals surface area contributed by atoms with Gasteiger partial charge in [-0.05, 0) is 34.3 Å². The first-order valence-corrected chi connectivity index (χ1v) is 9.42.